The van der Waals surface area contributed by atoms with Crippen molar-refractivity contribution in [3.8, 4) is 10.6 Å². The van der Waals surface area contributed by atoms with E-state index >= 15 is 0 Å². The first-order chi connectivity index (χ1) is 9.70. The second kappa shape index (κ2) is 5.40. The summed E-state index contributed by atoms with van der Waals surface area (Å²) in [6.45, 7) is 0. The van der Waals surface area contributed by atoms with Gasteiger partial charge < -0.3 is 5.11 Å². The number of alkyl halides is 5. The number of carboxylic acids is 1. The number of hydrogen-bond acceptors (Lipinski definition) is 3. The molecule has 1 aromatic carbocycles. The van der Waals surface area contributed by atoms with Crippen molar-refractivity contribution in [3.63, 3.8) is 0 Å². The van der Waals surface area contributed by atoms with E-state index in [0.29, 0.717) is 11.3 Å². The quantitative estimate of drug-likeness (QED) is 0.848. The Hall–Kier alpha value is -2.03. The first kappa shape index (κ1) is 15.4. The second-order valence-corrected chi connectivity index (χ2v) is 4.92. The topological polar surface area (TPSA) is 50.2 Å². The van der Waals surface area contributed by atoms with Crippen molar-refractivity contribution in [1.29, 1.82) is 0 Å². The molecule has 0 saturated carbocycles. The maximum atomic E-state index is 12.7. The van der Waals surface area contributed by atoms with Crippen molar-refractivity contribution in [2.75, 3.05) is 0 Å². The van der Waals surface area contributed by atoms with Crippen LogP contribution in [-0.2, 0) is 6.18 Å². The first-order valence-electron chi connectivity index (χ1n) is 5.40. The summed E-state index contributed by atoms with van der Waals surface area (Å²) in [5.41, 5.74) is -1.64. The monoisotopic (exact) mass is 323 g/mol. The predicted molar refractivity (Wildman–Crippen MR) is 64.5 cm³/mol. The van der Waals surface area contributed by atoms with Crippen LogP contribution in [0.3, 0.4) is 0 Å². The molecule has 0 aliphatic carbocycles. The zero-order chi connectivity index (χ0) is 15.8. The van der Waals surface area contributed by atoms with Gasteiger partial charge in [-0.15, -0.1) is 11.3 Å². The molecule has 3 nitrogen and oxygen atoms in total. The largest absolute Gasteiger partial charge is 0.477 e. The molecule has 1 aromatic heterocycles. The zero-order valence-electron chi connectivity index (χ0n) is 9.99. The van der Waals surface area contributed by atoms with E-state index in [1.165, 1.54) is 12.1 Å². The number of benzene rings is 1. The van der Waals surface area contributed by atoms with Crippen LogP contribution in [0, 0.1) is 0 Å². The lowest BCUT2D eigenvalue weighted by Gasteiger charge is -2.02. The number of aromatic carboxylic acids is 1. The molecule has 0 unspecified atom stereocenters. The van der Waals surface area contributed by atoms with Crippen molar-refractivity contribution >= 4 is 17.3 Å². The molecule has 1 heterocycles. The van der Waals surface area contributed by atoms with E-state index in [1.54, 1.807) is 0 Å². The number of hydrogen-bond donors (Lipinski definition) is 1. The molecule has 2 aromatic rings. The third kappa shape index (κ3) is 3.18. The molecule has 9 heteroatoms. The number of halogens is 5. The van der Waals surface area contributed by atoms with Crippen LogP contribution < -0.4 is 0 Å². The molecular formula is C12H6F5NO2S. The predicted octanol–water partition coefficient (Wildman–Crippen LogP) is 4.46. The number of rotatable bonds is 3. The summed E-state index contributed by atoms with van der Waals surface area (Å²) in [5, 5.41) is 8.58. The third-order valence-electron chi connectivity index (χ3n) is 2.50. The van der Waals surface area contributed by atoms with Crippen molar-refractivity contribution in [3.05, 3.63) is 40.4 Å². The van der Waals surface area contributed by atoms with Crippen LogP contribution in [0.15, 0.2) is 24.3 Å². The summed E-state index contributed by atoms with van der Waals surface area (Å²) in [7, 11) is 0. The Morgan fingerprint density at radius 2 is 1.76 bits per heavy atom. The van der Waals surface area contributed by atoms with Crippen LogP contribution in [0.25, 0.3) is 10.6 Å². The molecule has 0 aliphatic heterocycles. The fourth-order valence-electron chi connectivity index (χ4n) is 1.55. The molecule has 1 N–H and O–H groups in total. The van der Waals surface area contributed by atoms with Crippen LogP contribution in [0.5, 0.6) is 0 Å². The van der Waals surface area contributed by atoms with Gasteiger partial charge in [0.15, 0.2) is 5.69 Å². The van der Waals surface area contributed by atoms with Gasteiger partial charge in [-0.3, -0.25) is 0 Å². The molecule has 2 rings (SSSR count). The number of carboxylic acid groups (broad SMARTS) is 1. The van der Waals surface area contributed by atoms with Gasteiger partial charge in [-0.25, -0.2) is 18.6 Å². The fraction of sp³-hybridized carbons (Fsp3) is 0.167. The molecule has 21 heavy (non-hydrogen) atoms. The Labute approximate surface area is 118 Å². The van der Waals surface area contributed by atoms with Crippen molar-refractivity contribution in [2.45, 2.75) is 12.6 Å². The van der Waals surface area contributed by atoms with Gasteiger partial charge in [0, 0.05) is 11.1 Å². The van der Waals surface area contributed by atoms with Gasteiger partial charge in [0.05, 0.1) is 0 Å². The molecule has 112 valence electrons. The van der Waals surface area contributed by atoms with E-state index in [9.17, 15) is 26.7 Å². The maximum Gasteiger partial charge on any atom is 0.435 e. The van der Waals surface area contributed by atoms with E-state index in [4.69, 9.17) is 5.11 Å². The minimum absolute atomic E-state index is 0.141. The summed E-state index contributed by atoms with van der Waals surface area (Å²) < 4.78 is 62.9. The van der Waals surface area contributed by atoms with E-state index in [-0.39, 0.29) is 16.1 Å². The van der Waals surface area contributed by atoms with Crippen LogP contribution in [0.2, 0.25) is 0 Å². The Morgan fingerprint density at radius 1 is 1.19 bits per heavy atom. The summed E-state index contributed by atoms with van der Waals surface area (Å²) >= 11 is 0.344. The highest BCUT2D eigenvalue weighted by atomic mass is 32.1. The van der Waals surface area contributed by atoms with Gasteiger partial charge in [0.2, 0.25) is 0 Å². The third-order valence-corrected chi connectivity index (χ3v) is 3.59. The minimum Gasteiger partial charge on any atom is -0.477 e. The first-order valence-corrected chi connectivity index (χ1v) is 6.21. The lowest BCUT2D eigenvalue weighted by atomic mass is 10.1. The average molecular weight is 323 g/mol. The molecule has 0 fully saturated rings. The van der Waals surface area contributed by atoms with E-state index < -0.39 is 29.1 Å². The lowest BCUT2D eigenvalue weighted by molar-refractivity contribution is -0.141. The van der Waals surface area contributed by atoms with E-state index in [0.717, 1.165) is 12.1 Å². The molecule has 0 radical (unpaired) electrons. The normalized spacial score (nSPS) is 11.9. The molecule has 0 bridgehead atoms. The SMILES string of the molecule is O=C(O)c1sc(-c2ccc(C(F)F)cc2)nc1C(F)(F)F. The highest BCUT2D eigenvalue weighted by Crippen LogP contribution is 2.37. The van der Waals surface area contributed by atoms with E-state index in [2.05, 4.69) is 4.98 Å². The van der Waals surface area contributed by atoms with Crippen molar-refractivity contribution in [2.24, 2.45) is 0 Å². The molecular weight excluding hydrogens is 317 g/mol. The number of thiazole rings is 1. The molecule has 0 aliphatic rings. The maximum absolute atomic E-state index is 12.7. The van der Waals surface area contributed by atoms with Crippen molar-refractivity contribution in [1.82, 2.24) is 4.98 Å². The summed E-state index contributed by atoms with van der Waals surface area (Å²) in [4.78, 5) is 13.2. The minimum atomic E-state index is -4.90. The van der Waals surface area contributed by atoms with Gasteiger partial charge in [-0.2, -0.15) is 13.2 Å². The Balaban J connectivity index is 2.47. The van der Waals surface area contributed by atoms with Crippen LogP contribution in [0.1, 0.15) is 27.4 Å². The number of nitrogens with zero attached hydrogens (tertiary/aromatic N) is 1. The summed E-state index contributed by atoms with van der Waals surface area (Å²) in [6.07, 6.45) is -7.60. The zero-order valence-corrected chi connectivity index (χ0v) is 10.8. The average Bonchev–Trinajstić information content (AvgIpc) is 2.84. The van der Waals surface area contributed by atoms with Gasteiger partial charge in [-0.1, -0.05) is 24.3 Å². The Kier molecular flexibility index (Phi) is 3.95. The lowest BCUT2D eigenvalue weighted by Crippen LogP contribution is -2.11. The fourth-order valence-corrected chi connectivity index (χ4v) is 2.48. The van der Waals surface area contributed by atoms with Gasteiger partial charge in [0.25, 0.3) is 6.43 Å². The van der Waals surface area contributed by atoms with Crippen LogP contribution >= 0.6 is 11.3 Å². The number of aromatic nitrogens is 1. The molecule has 0 spiro atoms. The summed E-state index contributed by atoms with van der Waals surface area (Å²) in [6, 6.07) is 4.45. The smallest absolute Gasteiger partial charge is 0.435 e. The van der Waals surface area contributed by atoms with E-state index in [1.807, 2.05) is 0 Å². The van der Waals surface area contributed by atoms with Crippen molar-refractivity contribution < 1.29 is 31.9 Å². The summed E-state index contributed by atoms with van der Waals surface area (Å²) in [5.74, 6) is -1.74. The van der Waals surface area contributed by atoms with Crippen LogP contribution in [-0.4, -0.2) is 16.1 Å². The molecule has 0 saturated heterocycles. The number of carbonyl (C=O) groups is 1. The highest BCUT2D eigenvalue weighted by Gasteiger charge is 2.39. The second-order valence-electron chi connectivity index (χ2n) is 3.92. The Bertz CT molecular complexity index is 663. The van der Waals surface area contributed by atoms with Gasteiger partial charge in [-0.05, 0) is 0 Å². The van der Waals surface area contributed by atoms with Gasteiger partial charge in [0.1, 0.15) is 9.88 Å². The van der Waals surface area contributed by atoms with Gasteiger partial charge >= 0.3 is 12.1 Å². The Morgan fingerprint density at radius 3 is 2.14 bits per heavy atom. The standard InChI is InChI=1S/C12H6F5NO2S/c13-9(14)5-1-3-6(4-2-5)10-18-8(12(15,16)17)7(21-10)11(19)20/h1-4,9H,(H,19,20). The van der Waals surface area contributed by atoms with Crippen LogP contribution in [0.4, 0.5) is 22.0 Å². The highest BCUT2D eigenvalue weighted by molar-refractivity contribution is 7.17. The molecule has 0 amide bonds. The molecule has 0 atom stereocenters.